The molecule has 0 radical (unpaired) electrons. The van der Waals surface area contributed by atoms with Crippen molar-refractivity contribution in [3.8, 4) is 0 Å². The summed E-state index contributed by atoms with van der Waals surface area (Å²) in [6, 6.07) is 0. The fourth-order valence-corrected chi connectivity index (χ4v) is 0. The first-order valence-electron chi connectivity index (χ1n) is 0.833. The average Bonchev–Trinajstić information content (AvgIpc) is 1.41. The molecule has 0 aliphatic heterocycles. The summed E-state index contributed by atoms with van der Waals surface area (Å²) >= 11 is -3.11. The van der Waals surface area contributed by atoms with Crippen LogP contribution in [-0.4, -0.2) is 13.3 Å². The number of rotatable bonds is 0. The number of hydrogen-bond donors (Lipinski definition) is 2. The van der Waals surface area contributed by atoms with Crippen molar-refractivity contribution in [3.05, 3.63) is 0 Å². The van der Waals surface area contributed by atoms with Crippen molar-refractivity contribution in [2.45, 2.75) is 0 Å². The van der Waals surface area contributed by atoms with Gasteiger partial charge in [0.05, 0.1) is 0 Å². The van der Waals surface area contributed by atoms with Gasteiger partial charge in [0.25, 0.3) is 0 Å². The van der Waals surface area contributed by atoms with Crippen molar-refractivity contribution in [2.24, 2.45) is 11.7 Å². The average molecular weight is 158 g/mol. The molecule has 0 spiro atoms. The Hall–Kier alpha value is 1.99. The maximum absolute atomic E-state index is 8.44. The minimum Gasteiger partial charge on any atom is -0.784 e. The molecular weight excluding hydrogens is 154 g/mol. The Morgan fingerprint density at radius 3 is 1.12 bits per heavy atom. The van der Waals surface area contributed by atoms with Gasteiger partial charge >= 0.3 is 59.1 Å². The topological polar surface area (TPSA) is 115 Å². The molecule has 0 aromatic heterocycles. The summed E-state index contributed by atoms with van der Waals surface area (Å²) in [5.74, 6) is 8.00. The number of hydrazine groups is 1. The van der Waals surface area contributed by atoms with Gasteiger partial charge in [-0.15, -0.1) is 11.4 Å². The van der Waals surface area contributed by atoms with E-state index < -0.39 is 11.4 Å². The van der Waals surface area contributed by atoms with E-state index in [1.807, 2.05) is 0 Å². The SMILES string of the molecule is NN.O=S([O-])[O-].[Na+].[Na+]. The third-order valence-corrected chi connectivity index (χ3v) is 0. The molecule has 0 aliphatic rings. The van der Waals surface area contributed by atoms with Gasteiger partial charge in [0, 0.05) is 0 Å². The van der Waals surface area contributed by atoms with Gasteiger partial charge in [-0.1, -0.05) is 0 Å². The molecular formula is H4N2Na2O3S. The number of nitrogens with two attached hydrogens (primary N) is 2. The maximum Gasteiger partial charge on any atom is 1.00 e. The summed E-state index contributed by atoms with van der Waals surface area (Å²) < 4.78 is 25.3. The van der Waals surface area contributed by atoms with Crippen molar-refractivity contribution in [3.63, 3.8) is 0 Å². The summed E-state index contributed by atoms with van der Waals surface area (Å²) in [7, 11) is 0. The zero-order valence-corrected chi connectivity index (χ0v) is 9.60. The van der Waals surface area contributed by atoms with Crippen LogP contribution in [0.15, 0.2) is 0 Å². The van der Waals surface area contributed by atoms with Crippen LogP contribution in [0.25, 0.3) is 0 Å². The fourth-order valence-electron chi connectivity index (χ4n) is 0. The molecule has 0 saturated heterocycles. The normalized spacial score (nSPS) is 5.12. The Balaban J connectivity index is -0.0000000183. The summed E-state index contributed by atoms with van der Waals surface area (Å²) in [6.45, 7) is 0. The van der Waals surface area contributed by atoms with E-state index in [2.05, 4.69) is 11.7 Å². The molecule has 0 heterocycles. The van der Waals surface area contributed by atoms with Gasteiger partial charge in [-0.2, -0.15) is 0 Å². The second-order valence-corrected chi connectivity index (χ2v) is 0.612. The van der Waals surface area contributed by atoms with Crippen LogP contribution < -0.4 is 70.8 Å². The van der Waals surface area contributed by atoms with Gasteiger partial charge in [0.1, 0.15) is 0 Å². The molecule has 0 aromatic carbocycles. The van der Waals surface area contributed by atoms with Gasteiger partial charge in [-0.3, -0.25) is 15.9 Å². The van der Waals surface area contributed by atoms with Crippen LogP contribution in [0.1, 0.15) is 0 Å². The molecule has 0 atom stereocenters. The van der Waals surface area contributed by atoms with E-state index in [4.69, 9.17) is 13.3 Å². The van der Waals surface area contributed by atoms with E-state index >= 15 is 0 Å². The number of hydrogen-bond acceptors (Lipinski definition) is 5. The zero-order chi connectivity index (χ0) is 5.58. The monoisotopic (exact) mass is 158 g/mol. The Bertz CT molecular complexity index is 38.3. The van der Waals surface area contributed by atoms with Crippen molar-refractivity contribution >= 4 is 11.4 Å². The molecule has 0 rings (SSSR count). The van der Waals surface area contributed by atoms with E-state index in [1.54, 1.807) is 0 Å². The zero-order valence-electron chi connectivity index (χ0n) is 4.79. The van der Waals surface area contributed by atoms with Gasteiger partial charge in [-0.25, -0.2) is 0 Å². The van der Waals surface area contributed by atoms with Crippen LogP contribution >= 0.6 is 0 Å². The van der Waals surface area contributed by atoms with Gasteiger partial charge in [-0.05, 0) is 0 Å². The van der Waals surface area contributed by atoms with E-state index in [1.165, 1.54) is 0 Å². The molecule has 8 heavy (non-hydrogen) atoms. The van der Waals surface area contributed by atoms with E-state index in [0.29, 0.717) is 0 Å². The Morgan fingerprint density at radius 1 is 1.12 bits per heavy atom. The molecule has 0 fully saturated rings. The molecule has 0 aromatic rings. The minimum absolute atomic E-state index is 0. The quantitative estimate of drug-likeness (QED) is 0.157. The minimum atomic E-state index is -3.11. The molecule has 0 bridgehead atoms. The molecule has 40 valence electrons. The Morgan fingerprint density at radius 2 is 1.12 bits per heavy atom. The summed E-state index contributed by atoms with van der Waals surface area (Å²) in [5.41, 5.74) is 0. The first kappa shape index (κ1) is 22.5. The molecule has 5 nitrogen and oxygen atoms in total. The molecule has 0 aliphatic carbocycles. The van der Waals surface area contributed by atoms with Crippen LogP contribution in [-0.2, 0) is 11.4 Å². The summed E-state index contributed by atoms with van der Waals surface area (Å²) in [6.07, 6.45) is 0. The summed E-state index contributed by atoms with van der Waals surface area (Å²) in [5, 5.41) is 0. The predicted molar refractivity (Wildman–Crippen MR) is 18.1 cm³/mol. The van der Waals surface area contributed by atoms with Crippen molar-refractivity contribution in [1.29, 1.82) is 0 Å². The van der Waals surface area contributed by atoms with Gasteiger partial charge < -0.3 is 9.11 Å². The van der Waals surface area contributed by atoms with Crippen molar-refractivity contribution < 1.29 is 72.4 Å². The molecule has 4 N–H and O–H groups in total. The van der Waals surface area contributed by atoms with Crippen LogP contribution in [0.3, 0.4) is 0 Å². The van der Waals surface area contributed by atoms with Crippen molar-refractivity contribution in [2.75, 3.05) is 0 Å². The largest absolute Gasteiger partial charge is 1.00 e. The first-order chi connectivity index (χ1) is 2.73. The molecule has 0 amide bonds. The van der Waals surface area contributed by atoms with Crippen molar-refractivity contribution in [1.82, 2.24) is 0 Å². The van der Waals surface area contributed by atoms with Crippen LogP contribution in [0.5, 0.6) is 0 Å². The molecule has 8 heteroatoms. The molecule has 0 saturated carbocycles. The third kappa shape index (κ3) is 98.6. The smallest absolute Gasteiger partial charge is 0.784 e. The second kappa shape index (κ2) is 23.0. The van der Waals surface area contributed by atoms with Gasteiger partial charge in [0.15, 0.2) is 0 Å². The van der Waals surface area contributed by atoms with E-state index in [9.17, 15) is 0 Å². The third-order valence-electron chi connectivity index (χ3n) is 0. The van der Waals surface area contributed by atoms with Crippen LogP contribution in [0.2, 0.25) is 0 Å². The predicted octanol–water partition coefficient (Wildman–Crippen LogP) is -8.18. The van der Waals surface area contributed by atoms with Gasteiger partial charge in [0.2, 0.25) is 0 Å². The Kier molecular flexibility index (Phi) is 64.8. The second-order valence-electron chi connectivity index (χ2n) is 0.204. The first-order valence-corrected chi connectivity index (χ1v) is 1.83. The molecule has 0 unspecified atom stereocenters. The van der Waals surface area contributed by atoms with E-state index in [-0.39, 0.29) is 59.1 Å². The standard InChI is InChI=1S/H4N2.2Na.H2O3S/c1-2;;;1-4(2)3/h1-2H2;;;(H2,1,2,3)/q;2*+1;/p-2. The van der Waals surface area contributed by atoms with Crippen LogP contribution in [0.4, 0.5) is 0 Å². The fraction of sp³-hybridized carbons (Fsp3) is 0. The van der Waals surface area contributed by atoms with Crippen LogP contribution in [0, 0.1) is 0 Å². The summed E-state index contributed by atoms with van der Waals surface area (Å²) in [4.78, 5) is 0. The van der Waals surface area contributed by atoms with E-state index in [0.717, 1.165) is 0 Å². The maximum atomic E-state index is 8.44. The Labute approximate surface area is 94.2 Å².